The fraction of sp³-hybridized carbons (Fsp3) is 0.667. The van der Waals surface area contributed by atoms with Gasteiger partial charge in [-0.2, -0.15) is 0 Å². The second-order valence-corrected chi connectivity index (χ2v) is 27.5. The quantitative estimate of drug-likeness (QED) is 0.174. The lowest BCUT2D eigenvalue weighted by atomic mass is 9.92. The van der Waals surface area contributed by atoms with E-state index in [2.05, 4.69) is 130 Å². The fourth-order valence-electron chi connectivity index (χ4n) is 7.82. The molecule has 0 saturated heterocycles. The number of hydrogen-bond acceptors (Lipinski definition) is 3. The van der Waals surface area contributed by atoms with Gasteiger partial charge >= 0.3 is 0 Å². The molecule has 1 saturated carbocycles. The van der Waals surface area contributed by atoms with E-state index in [0.29, 0.717) is 11.8 Å². The average molecular weight is 627 g/mol. The second kappa shape index (κ2) is 15.3. The molecule has 0 aliphatic heterocycles. The molecule has 1 aliphatic carbocycles. The van der Waals surface area contributed by atoms with Crippen LogP contribution in [-0.2, 0) is 13.3 Å². The van der Waals surface area contributed by atoms with Crippen molar-refractivity contribution in [3.8, 4) is 0 Å². The predicted octanol–water partition coefficient (Wildman–Crippen LogP) is 9.39. The minimum atomic E-state index is -2.64. The first-order chi connectivity index (χ1) is 20.0. The standard InChI is InChI=1S/C36H62O3Si3/c1-11-32-33(35(39-41(15-5,16-6)17-7)28-34(32)38-40(12-2,13-3)14-4)29-37-42(36(8,9)10,30-24-20-18-21-25-30)31-26-22-19-23-27-31/h18-27,32-35H,11-17,28-29H2,1-10H3/t32-,33+,34-,35+/m1/s1. The van der Waals surface area contributed by atoms with E-state index in [9.17, 15) is 0 Å². The van der Waals surface area contributed by atoms with E-state index >= 15 is 0 Å². The summed E-state index contributed by atoms with van der Waals surface area (Å²) in [6.45, 7) is 24.4. The van der Waals surface area contributed by atoms with Gasteiger partial charge in [-0.3, -0.25) is 0 Å². The molecule has 42 heavy (non-hydrogen) atoms. The second-order valence-electron chi connectivity index (χ2n) is 13.7. The topological polar surface area (TPSA) is 27.7 Å². The Hall–Kier alpha value is -1.03. The van der Waals surface area contributed by atoms with Gasteiger partial charge in [-0.05, 0) is 64.0 Å². The lowest BCUT2D eigenvalue weighted by Gasteiger charge is -2.44. The molecule has 0 radical (unpaired) electrons. The van der Waals surface area contributed by atoms with Crippen LogP contribution in [0.3, 0.4) is 0 Å². The Morgan fingerprint density at radius 3 is 1.31 bits per heavy atom. The maximum absolute atomic E-state index is 7.62. The van der Waals surface area contributed by atoms with Gasteiger partial charge in [0.15, 0.2) is 16.6 Å². The zero-order chi connectivity index (χ0) is 31.0. The Bertz CT molecular complexity index is 992. The first-order valence-electron chi connectivity index (χ1n) is 17.1. The van der Waals surface area contributed by atoms with Crippen molar-refractivity contribution in [1.82, 2.24) is 0 Å². The normalized spacial score (nSPS) is 22.0. The summed E-state index contributed by atoms with van der Waals surface area (Å²) in [5.41, 5.74) is 0. The van der Waals surface area contributed by atoms with Crippen molar-refractivity contribution in [1.29, 1.82) is 0 Å². The molecule has 0 spiro atoms. The predicted molar refractivity (Wildman–Crippen MR) is 190 cm³/mol. The Morgan fingerprint density at radius 1 is 0.595 bits per heavy atom. The zero-order valence-corrected chi connectivity index (χ0v) is 31.7. The summed E-state index contributed by atoms with van der Waals surface area (Å²) in [5, 5.41) is 2.67. The molecule has 236 valence electrons. The highest BCUT2D eigenvalue weighted by molar-refractivity contribution is 6.99. The third kappa shape index (κ3) is 7.26. The first-order valence-corrected chi connectivity index (χ1v) is 24.1. The smallest absolute Gasteiger partial charge is 0.261 e. The van der Waals surface area contributed by atoms with Crippen LogP contribution in [0.25, 0.3) is 0 Å². The summed E-state index contributed by atoms with van der Waals surface area (Å²) in [4.78, 5) is 0. The van der Waals surface area contributed by atoms with Crippen LogP contribution in [0.5, 0.6) is 0 Å². The summed E-state index contributed by atoms with van der Waals surface area (Å²) >= 11 is 0. The molecule has 0 aromatic heterocycles. The third-order valence-electron chi connectivity index (χ3n) is 11.0. The van der Waals surface area contributed by atoms with Gasteiger partial charge in [0.05, 0.1) is 12.2 Å². The molecule has 0 N–H and O–H groups in total. The van der Waals surface area contributed by atoms with E-state index in [1.54, 1.807) is 0 Å². The van der Waals surface area contributed by atoms with Crippen LogP contribution in [-0.4, -0.2) is 43.8 Å². The maximum atomic E-state index is 7.62. The fourth-order valence-corrected chi connectivity index (χ4v) is 18.2. The summed E-state index contributed by atoms with van der Waals surface area (Å²) in [6, 6.07) is 29.3. The van der Waals surface area contributed by atoms with Gasteiger partial charge in [-0.1, -0.05) is 136 Å². The van der Waals surface area contributed by atoms with Crippen LogP contribution in [0.15, 0.2) is 60.7 Å². The molecular weight excluding hydrogens is 565 g/mol. The van der Waals surface area contributed by atoms with E-state index in [4.69, 9.17) is 13.3 Å². The molecule has 2 aromatic rings. The number of benzene rings is 2. The highest BCUT2D eigenvalue weighted by Crippen LogP contribution is 2.45. The lowest BCUT2D eigenvalue weighted by molar-refractivity contribution is 0.0789. The van der Waals surface area contributed by atoms with Crippen LogP contribution in [0.4, 0.5) is 0 Å². The molecule has 6 heteroatoms. The molecule has 3 rings (SSSR count). The molecule has 3 nitrogen and oxygen atoms in total. The SMILES string of the molecule is CC[C@@H]1[C@H](CO[Si](c2ccccc2)(c2ccccc2)C(C)(C)C)[C@@H](O[Si](CC)(CC)CC)C[C@H]1O[Si](CC)(CC)CC. The van der Waals surface area contributed by atoms with Gasteiger partial charge < -0.3 is 13.3 Å². The number of hydrogen-bond donors (Lipinski definition) is 0. The van der Waals surface area contributed by atoms with Crippen LogP contribution in [0.1, 0.15) is 82.1 Å². The van der Waals surface area contributed by atoms with Crippen molar-refractivity contribution in [3.63, 3.8) is 0 Å². The maximum Gasteiger partial charge on any atom is 0.261 e. The van der Waals surface area contributed by atoms with Crippen molar-refractivity contribution in [3.05, 3.63) is 60.7 Å². The summed E-state index contributed by atoms with van der Waals surface area (Å²) in [6.07, 6.45) is 2.62. The molecule has 0 amide bonds. The van der Waals surface area contributed by atoms with Crippen LogP contribution in [0.2, 0.25) is 41.3 Å². The van der Waals surface area contributed by atoms with Gasteiger partial charge in [0, 0.05) is 12.5 Å². The van der Waals surface area contributed by atoms with E-state index in [0.717, 1.165) is 19.4 Å². The minimum absolute atomic E-state index is 0.0360. The Kier molecular flexibility index (Phi) is 12.9. The van der Waals surface area contributed by atoms with Crippen LogP contribution >= 0.6 is 0 Å². The van der Waals surface area contributed by atoms with Crippen molar-refractivity contribution in [2.75, 3.05) is 6.61 Å². The Morgan fingerprint density at radius 2 is 0.976 bits per heavy atom. The molecular formula is C36H62O3Si3. The highest BCUT2D eigenvalue weighted by atomic mass is 28.4. The molecule has 0 bridgehead atoms. The van der Waals surface area contributed by atoms with Crippen molar-refractivity contribution < 1.29 is 13.3 Å². The van der Waals surface area contributed by atoms with E-state index in [1.807, 2.05) is 0 Å². The largest absolute Gasteiger partial charge is 0.414 e. The van der Waals surface area contributed by atoms with Crippen LogP contribution < -0.4 is 10.4 Å². The van der Waals surface area contributed by atoms with E-state index in [1.165, 1.54) is 46.6 Å². The monoisotopic (exact) mass is 626 g/mol. The number of rotatable bonds is 16. The average Bonchev–Trinajstić information content (AvgIpc) is 3.34. The van der Waals surface area contributed by atoms with Gasteiger partial charge in [0.2, 0.25) is 0 Å². The van der Waals surface area contributed by atoms with E-state index in [-0.39, 0.29) is 17.2 Å². The molecule has 1 fully saturated rings. The Labute approximate surface area is 262 Å². The lowest BCUT2D eigenvalue weighted by Crippen LogP contribution is -2.67. The third-order valence-corrected chi connectivity index (χ3v) is 25.4. The summed E-state index contributed by atoms with van der Waals surface area (Å²) in [5.74, 6) is 0.803. The molecule has 0 heterocycles. The minimum Gasteiger partial charge on any atom is -0.414 e. The Balaban J connectivity index is 2.09. The molecule has 1 aliphatic rings. The highest BCUT2D eigenvalue weighted by Gasteiger charge is 2.53. The molecule has 2 aromatic carbocycles. The summed E-state index contributed by atoms with van der Waals surface area (Å²) in [7, 11) is -6.20. The molecule has 0 unspecified atom stereocenters. The van der Waals surface area contributed by atoms with Gasteiger partial charge in [-0.15, -0.1) is 0 Å². The molecule has 4 atom stereocenters. The zero-order valence-electron chi connectivity index (χ0n) is 28.7. The van der Waals surface area contributed by atoms with Crippen LogP contribution in [0, 0.1) is 11.8 Å². The first kappa shape index (κ1) is 35.4. The van der Waals surface area contributed by atoms with Gasteiger partial charge in [0.25, 0.3) is 8.32 Å². The van der Waals surface area contributed by atoms with Gasteiger partial charge in [0.1, 0.15) is 0 Å². The van der Waals surface area contributed by atoms with Crippen molar-refractivity contribution >= 4 is 35.3 Å². The van der Waals surface area contributed by atoms with Gasteiger partial charge in [-0.25, -0.2) is 0 Å². The van der Waals surface area contributed by atoms with Crippen molar-refractivity contribution in [2.45, 2.75) is 136 Å². The van der Waals surface area contributed by atoms with E-state index < -0.39 is 25.0 Å². The summed E-state index contributed by atoms with van der Waals surface area (Å²) < 4.78 is 22.3. The van der Waals surface area contributed by atoms with Crippen molar-refractivity contribution in [2.24, 2.45) is 11.8 Å².